The maximum absolute atomic E-state index is 12.6. The Morgan fingerprint density at radius 1 is 1.09 bits per heavy atom. The van der Waals surface area contributed by atoms with Crippen molar-refractivity contribution in [3.8, 4) is 0 Å². The van der Waals surface area contributed by atoms with Crippen LogP contribution >= 0.6 is 0 Å². The summed E-state index contributed by atoms with van der Waals surface area (Å²) >= 11 is 0. The van der Waals surface area contributed by atoms with Crippen LogP contribution in [-0.4, -0.2) is 24.0 Å². The van der Waals surface area contributed by atoms with E-state index in [1.807, 2.05) is 53.4 Å². The van der Waals surface area contributed by atoms with Gasteiger partial charge in [-0.05, 0) is 30.2 Å². The van der Waals surface area contributed by atoms with Crippen molar-refractivity contribution in [2.45, 2.75) is 6.42 Å². The van der Waals surface area contributed by atoms with E-state index < -0.39 is 0 Å². The summed E-state index contributed by atoms with van der Waals surface area (Å²) in [5.74, 6) is 0.0860. The summed E-state index contributed by atoms with van der Waals surface area (Å²) in [6.07, 6.45) is 2.70. The van der Waals surface area contributed by atoms with Crippen molar-refractivity contribution in [2.75, 3.05) is 23.3 Å². The molecule has 1 aliphatic rings. The standard InChI is InChI=1S/C19H17N3O/c23-18(22-12-10-14-5-1-2-9-17(14)22)13-21-16-8-3-6-15-7-4-11-20-19(15)16/h1-9,11,21H,10,12-13H2. The van der Waals surface area contributed by atoms with E-state index in [2.05, 4.69) is 16.4 Å². The molecule has 0 fully saturated rings. The number of nitrogens with zero attached hydrogens (tertiary/aromatic N) is 2. The maximum Gasteiger partial charge on any atom is 0.246 e. The largest absolute Gasteiger partial charge is 0.374 e. The molecule has 0 unspecified atom stereocenters. The number of aromatic nitrogens is 1. The minimum atomic E-state index is 0.0860. The molecule has 4 heteroatoms. The highest BCUT2D eigenvalue weighted by molar-refractivity contribution is 5.99. The number of hydrogen-bond acceptors (Lipinski definition) is 3. The fourth-order valence-electron chi connectivity index (χ4n) is 3.11. The second kappa shape index (κ2) is 5.72. The van der Waals surface area contributed by atoms with Crippen LogP contribution in [0.25, 0.3) is 10.9 Å². The van der Waals surface area contributed by atoms with E-state index in [9.17, 15) is 4.79 Å². The lowest BCUT2D eigenvalue weighted by Crippen LogP contribution is -2.34. The monoisotopic (exact) mass is 303 g/mol. The van der Waals surface area contributed by atoms with E-state index in [4.69, 9.17) is 0 Å². The summed E-state index contributed by atoms with van der Waals surface area (Å²) in [6.45, 7) is 1.03. The van der Waals surface area contributed by atoms with E-state index >= 15 is 0 Å². The van der Waals surface area contributed by atoms with Gasteiger partial charge in [0.25, 0.3) is 0 Å². The molecule has 0 saturated carbocycles. The van der Waals surface area contributed by atoms with Crippen molar-refractivity contribution < 1.29 is 4.79 Å². The van der Waals surface area contributed by atoms with Gasteiger partial charge in [-0.3, -0.25) is 9.78 Å². The van der Waals surface area contributed by atoms with Crippen molar-refractivity contribution in [3.05, 3.63) is 66.4 Å². The molecule has 0 bridgehead atoms. The van der Waals surface area contributed by atoms with Crippen LogP contribution < -0.4 is 10.2 Å². The summed E-state index contributed by atoms with van der Waals surface area (Å²) in [5, 5.41) is 4.31. The molecule has 4 nitrogen and oxygen atoms in total. The first-order valence-corrected chi connectivity index (χ1v) is 7.79. The van der Waals surface area contributed by atoms with Gasteiger partial charge in [0.15, 0.2) is 0 Å². The highest BCUT2D eigenvalue weighted by Crippen LogP contribution is 2.27. The second-order valence-electron chi connectivity index (χ2n) is 5.66. The van der Waals surface area contributed by atoms with Crippen LogP contribution in [0.3, 0.4) is 0 Å². The molecule has 3 aromatic rings. The molecule has 23 heavy (non-hydrogen) atoms. The number of nitrogens with one attached hydrogen (secondary N) is 1. The second-order valence-corrected chi connectivity index (χ2v) is 5.66. The molecule has 1 amide bonds. The molecule has 2 aromatic carbocycles. The van der Waals surface area contributed by atoms with E-state index in [0.717, 1.165) is 35.2 Å². The molecule has 0 saturated heterocycles. The summed E-state index contributed by atoms with van der Waals surface area (Å²) < 4.78 is 0. The highest BCUT2D eigenvalue weighted by Gasteiger charge is 2.23. The number of benzene rings is 2. The Labute approximate surface area is 134 Å². The minimum Gasteiger partial charge on any atom is -0.374 e. The number of anilines is 2. The van der Waals surface area contributed by atoms with Crippen LogP contribution in [0, 0.1) is 0 Å². The molecule has 0 radical (unpaired) electrons. The smallest absolute Gasteiger partial charge is 0.246 e. The Bertz CT molecular complexity index is 870. The van der Waals surface area contributed by atoms with Gasteiger partial charge in [-0.2, -0.15) is 0 Å². The topological polar surface area (TPSA) is 45.2 Å². The Balaban J connectivity index is 1.52. The molecule has 114 valence electrons. The van der Waals surface area contributed by atoms with Gasteiger partial charge in [0.05, 0.1) is 17.7 Å². The molecule has 1 N–H and O–H groups in total. The number of rotatable bonds is 3. The highest BCUT2D eigenvalue weighted by atomic mass is 16.2. The number of fused-ring (bicyclic) bond motifs is 2. The normalized spacial score (nSPS) is 13.1. The third-order valence-corrected chi connectivity index (χ3v) is 4.25. The number of pyridine rings is 1. The first-order valence-electron chi connectivity index (χ1n) is 7.79. The van der Waals surface area contributed by atoms with Crippen LogP contribution in [0.1, 0.15) is 5.56 Å². The van der Waals surface area contributed by atoms with Gasteiger partial charge in [-0.1, -0.05) is 36.4 Å². The lowest BCUT2D eigenvalue weighted by molar-refractivity contribution is -0.116. The first kappa shape index (κ1) is 13.8. The third kappa shape index (κ3) is 2.52. The van der Waals surface area contributed by atoms with Crippen molar-refractivity contribution in [1.82, 2.24) is 4.98 Å². The summed E-state index contributed by atoms with van der Waals surface area (Å²) in [7, 11) is 0. The molecule has 0 atom stereocenters. The lowest BCUT2D eigenvalue weighted by Gasteiger charge is -2.18. The first-order chi connectivity index (χ1) is 11.3. The van der Waals surface area contributed by atoms with Gasteiger partial charge in [0.1, 0.15) is 0 Å². The number of amides is 1. The number of carbonyl (C=O) groups is 1. The van der Waals surface area contributed by atoms with Gasteiger partial charge < -0.3 is 10.2 Å². The molecule has 0 spiro atoms. The Hall–Kier alpha value is -2.88. The fraction of sp³-hybridized carbons (Fsp3) is 0.158. The average molecular weight is 303 g/mol. The maximum atomic E-state index is 12.6. The zero-order valence-corrected chi connectivity index (χ0v) is 12.7. The predicted octanol–water partition coefficient (Wildman–Crippen LogP) is 3.24. The van der Waals surface area contributed by atoms with E-state index in [-0.39, 0.29) is 12.5 Å². The number of carbonyl (C=O) groups excluding carboxylic acids is 1. The summed E-state index contributed by atoms with van der Waals surface area (Å²) in [5.41, 5.74) is 4.07. The third-order valence-electron chi connectivity index (χ3n) is 4.25. The SMILES string of the molecule is O=C(CNc1cccc2cccnc12)N1CCc2ccccc21. The average Bonchev–Trinajstić information content (AvgIpc) is 3.04. The zero-order valence-electron chi connectivity index (χ0n) is 12.7. The van der Waals surface area contributed by atoms with Gasteiger partial charge in [0, 0.05) is 23.8 Å². The Morgan fingerprint density at radius 2 is 1.96 bits per heavy atom. The zero-order chi connectivity index (χ0) is 15.6. The van der Waals surface area contributed by atoms with Crippen molar-refractivity contribution in [2.24, 2.45) is 0 Å². The van der Waals surface area contributed by atoms with Gasteiger partial charge >= 0.3 is 0 Å². The molecule has 2 heterocycles. The van der Waals surface area contributed by atoms with Gasteiger partial charge in [-0.25, -0.2) is 0 Å². The Kier molecular flexibility index (Phi) is 3.42. The number of hydrogen-bond donors (Lipinski definition) is 1. The fourth-order valence-corrected chi connectivity index (χ4v) is 3.11. The molecule has 0 aliphatic carbocycles. The van der Waals surface area contributed by atoms with Gasteiger partial charge in [-0.15, -0.1) is 0 Å². The predicted molar refractivity (Wildman–Crippen MR) is 92.7 cm³/mol. The van der Waals surface area contributed by atoms with Crippen molar-refractivity contribution in [1.29, 1.82) is 0 Å². The van der Waals surface area contributed by atoms with Gasteiger partial charge in [0.2, 0.25) is 5.91 Å². The minimum absolute atomic E-state index is 0.0860. The van der Waals surface area contributed by atoms with Crippen LogP contribution in [0.5, 0.6) is 0 Å². The van der Waals surface area contributed by atoms with Crippen molar-refractivity contribution >= 4 is 28.2 Å². The molecule has 1 aromatic heterocycles. The number of para-hydroxylation sites is 2. The molecule has 4 rings (SSSR count). The van der Waals surface area contributed by atoms with Crippen LogP contribution in [-0.2, 0) is 11.2 Å². The molecule has 1 aliphatic heterocycles. The summed E-state index contributed by atoms with van der Waals surface area (Å²) in [4.78, 5) is 18.8. The Morgan fingerprint density at radius 3 is 2.91 bits per heavy atom. The van der Waals surface area contributed by atoms with E-state index in [1.165, 1.54) is 5.56 Å². The van der Waals surface area contributed by atoms with Crippen LogP contribution in [0.2, 0.25) is 0 Å². The molecular formula is C19H17N3O. The van der Waals surface area contributed by atoms with Crippen molar-refractivity contribution in [3.63, 3.8) is 0 Å². The summed E-state index contributed by atoms with van der Waals surface area (Å²) in [6, 6.07) is 18.0. The van der Waals surface area contributed by atoms with Crippen LogP contribution in [0.15, 0.2) is 60.8 Å². The lowest BCUT2D eigenvalue weighted by atomic mass is 10.2. The van der Waals surface area contributed by atoms with Crippen LogP contribution in [0.4, 0.5) is 11.4 Å². The molecular weight excluding hydrogens is 286 g/mol. The van der Waals surface area contributed by atoms with E-state index in [0.29, 0.717) is 0 Å². The van der Waals surface area contributed by atoms with E-state index in [1.54, 1.807) is 6.20 Å². The quantitative estimate of drug-likeness (QED) is 0.808.